The van der Waals surface area contributed by atoms with Gasteiger partial charge in [-0.1, -0.05) is 43.2 Å². The SMILES string of the molecule is N#CC(C(N)=O)C1CCC(CCN2CCN(c3ccccc3Oc3ccccc3)CC2)CC1. The smallest absolute Gasteiger partial charge is 0.235 e. The van der Waals surface area contributed by atoms with Crippen LogP contribution in [0, 0.1) is 29.1 Å². The summed E-state index contributed by atoms with van der Waals surface area (Å²) >= 11 is 0. The molecule has 174 valence electrons. The van der Waals surface area contributed by atoms with E-state index in [2.05, 4.69) is 28.0 Å². The first kappa shape index (κ1) is 23.1. The van der Waals surface area contributed by atoms with Crippen LogP contribution in [-0.4, -0.2) is 43.5 Å². The molecule has 6 nitrogen and oxygen atoms in total. The minimum Gasteiger partial charge on any atom is -0.455 e. The molecule has 6 heteroatoms. The Bertz CT molecular complexity index is 942. The van der Waals surface area contributed by atoms with E-state index in [-0.39, 0.29) is 5.92 Å². The normalized spacial score (nSPS) is 22.3. The van der Waals surface area contributed by atoms with Gasteiger partial charge in [0.1, 0.15) is 11.7 Å². The third-order valence-corrected chi connectivity index (χ3v) is 7.21. The zero-order valence-electron chi connectivity index (χ0n) is 19.2. The maximum atomic E-state index is 11.5. The van der Waals surface area contributed by atoms with Gasteiger partial charge in [0.15, 0.2) is 5.75 Å². The van der Waals surface area contributed by atoms with Crippen LogP contribution in [0.4, 0.5) is 5.69 Å². The predicted molar refractivity (Wildman–Crippen MR) is 130 cm³/mol. The van der Waals surface area contributed by atoms with Gasteiger partial charge in [0.2, 0.25) is 5.91 Å². The van der Waals surface area contributed by atoms with E-state index in [0.717, 1.165) is 75.6 Å². The number of nitriles is 1. The quantitative estimate of drug-likeness (QED) is 0.649. The monoisotopic (exact) mass is 446 g/mol. The molecule has 2 aromatic carbocycles. The second-order valence-electron chi connectivity index (χ2n) is 9.29. The van der Waals surface area contributed by atoms with Gasteiger partial charge in [-0.05, 0) is 61.9 Å². The fraction of sp³-hybridized carbons (Fsp3) is 0.481. The first-order valence-electron chi connectivity index (χ1n) is 12.1. The van der Waals surface area contributed by atoms with Gasteiger partial charge in [0.25, 0.3) is 0 Å². The molecule has 2 aliphatic rings. The van der Waals surface area contributed by atoms with Crippen LogP contribution in [0.3, 0.4) is 0 Å². The van der Waals surface area contributed by atoms with Crippen LogP contribution in [0.15, 0.2) is 54.6 Å². The van der Waals surface area contributed by atoms with E-state index in [1.165, 1.54) is 6.42 Å². The van der Waals surface area contributed by atoms with Crippen molar-refractivity contribution < 1.29 is 9.53 Å². The Morgan fingerprint density at radius 2 is 1.67 bits per heavy atom. The number of benzene rings is 2. The van der Waals surface area contributed by atoms with Crippen LogP contribution < -0.4 is 15.4 Å². The third kappa shape index (κ3) is 6.06. The number of amides is 1. The summed E-state index contributed by atoms with van der Waals surface area (Å²) in [5.41, 5.74) is 6.54. The fourth-order valence-electron chi connectivity index (χ4n) is 5.21. The second-order valence-corrected chi connectivity index (χ2v) is 9.29. The molecular formula is C27H34N4O2. The Morgan fingerprint density at radius 3 is 2.33 bits per heavy atom. The largest absolute Gasteiger partial charge is 0.455 e. The zero-order valence-corrected chi connectivity index (χ0v) is 19.2. The number of ether oxygens (including phenoxy) is 1. The number of rotatable bonds is 8. The Labute approximate surface area is 196 Å². The average molecular weight is 447 g/mol. The number of primary amides is 1. The lowest BCUT2D eigenvalue weighted by Crippen LogP contribution is -2.47. The van der Waals surface area contributed by atoms with E-state index in [4.69, 9.17) is 10.5 Å². The van der Waals surface area contributed by atoms with Crippen LogP contribution in [0.5, 0.6) is 11.5 Å². The second kappa shape index (κ2) is 11.2. The molecule has 1 saturated heterocycles. The van der Waals surface area contributed by atoms with E-state index in [1.54, 1.807) is 0 Å². The summed E-state index contributed by atoms with van der Waals surface area (Å²) in [7, 11) is 0. The van der Waals surface area contributed by atoms with Gasteiger partial charge in [0, 0.05) is 26.2 Å². The van der Waals surface area contributed by atoms with Crippen molar-refractivity contribution in [2.45, 2.75) is 32.1 Å². The Hall–Kier alpha value is -3.04. The number of hydrogen-bond donors (Lipinski definition) is 1. The highest BCUT2D eigenvalue weighted by atomic mass is 16.5. The van der Waals surface area contributed by atoms with E-state index >= 15 is 0 Å². The van der Waals surface area contributed by atoms with Crippen molar-refractivity contribution in [1.82, 2.24) is 4.90 Å². The van der Waals surface area contributed by atoms with E-state index in [9.17, 15) is 10.1 Å². The molecule has 33 heavy (non-hydrogen) atoms. The lowest BCUT2D eigenvalue weighted by Gasteiger charge is -2.38. The number of hydrogen-bond acceptors (Lipinski definition) is 5. The molecule has 0 bridgehead atoms. The van der Waals surface area contributed by atoms with Crippen molar-refractivity contribution in [3.8, 4) is 17.6 Å². The van der Waals surface area contributed by atoms with Gasteiger partial charge < -0.3 is 15.4 Å². The molecule has 0 aromatic heterocycles. The lowest BCUT2D eigenvalue weighted by molar-refractivity contribution is -0.122. The number of anilines is 1. The van der Waals surface area contributed by atoms with Crippen molar-refractivity contribution in [1.29, 1.82) is 5.26 Å². The highest BCUT2D eigenvalue weighted by Crippen LogP contribution is 2.35. The van der Waals surface area contributed by atoms with Crippen molar-refractivity contribution in [3.63, 3.8) is 0 Å². The minimum absolute atomic E-state index is 0.144. The van der Waals surface area contributed by atoms with E-state index in [1.807, 2.05) is 42.5 Å². The Balaban J connectivity index is 1.23. The molecule has 2 N–H and O–H groups in total. The number of para-hydroxylation sites is 3. The maximum absolute atomic E-state index is 11.5. The molecular weight excluding hydrogens is 412 g/mol. The van der Waals surface area contributed by atoms with Crippen LogP contribution in [0.25, 0.3) is 0 Å². The Kier molecular flexibility index (Phi) is 7.85. The summed E-state index contributed by atoms with van der Waals surface area (Å²) < 4.78 is 6.16. The molecule has 1 heterocycles. The van der Waals surface area contributed by atoms with E-state index in [0.29, 0.717) is 5.92 Å². The molecule has 1 amide bonds. The first-order valence-corrected chi connectivity index (χ1v) is 12.1. The van der Waals surface area contributed by atoms with Crippen LogP contribution >= 0.6 is 0 Å². The summed E-state index contributed by atoms with van der Waals surface area (Å²) in [6.45, 7) is 5.19. The van der Waals surface area contributed by atoms with Gasteiger partial charge in [-0.2, -0.15) is 5.26 Å². The summed E-state index contributed by atoms with van der Waals surface area (Å²) in [5, 5.41) is 9.21. The van der Waals surface area contributed by atoms with E-state index < -0.39 is 11.8 Å². The number of nitrogens with two attached hydrogens (primary N) is 1. The van der Waals surface area contributed by atoms with Gasteiger partial charge in [-0.3, -0.25) is 9.69 Å². The molecule has 4 rings (SSSR count). The van der Waals surface area contributed by atoms with Crippen molar-refractivity contribution in [2.24, 2.45) is 23.5 Å². The van der Waals surface area contributed by atoms with Crippen LogP contribution in [-0.2, 0) is 4.79 Å². The molecule has 2 fully saturated rings. The molecule has 1 atom stereocenters. The summed E-state index contributed by atoms with van der Waals surface area (Å²) in [4.78, 5) is 16.4. The number of carbonyl (C=O) groups excluding carboxylic acids is 1. The lowest BCUT2D eigenvalue weighted by atomic mass is 9.75. The third-order valence-electron chi connectivity index (χ3n) is 7.21. The maximum Gasteiger partial charge on any atom is 0.235 e. The molecule has 1 unspecified atom stereocenters. The first-order chi connectivity index (χ1) is 16.1. The topological polar surface area (TPSA) is 82.6 Å². The fourth-order valence-corrected chi connectivity index (χ4v) is 5.21. The van der Waals surface area contributed by atoms with Crippen molar-refractivity contribution >= 4 is 11.6 Å². The van der Waals surface area contributed by atoms with Crippen LogP contribution in [0.1, 0.15) is 32.1 Å². The standard InChI is InChI=1S/C27H34N4O2/c28-20-24(27(29)32)22-12-10-21(11-13-22)14-15-30-16-18-31(19-17-30)25-8-4-5-9-26(25)33-23-6-2-1-3-7-23/h1-9,21-22,24H,10-19H2,(H2,29,32). The summed E-state index contributed by atoms with van der Waals surface area (Å²) in [6.07, 6.45) is 5.27. The average Bonchev–Trinajstić information content (AvgIpc) is 2.85. The zero-order chi connectivity index (χ0) is 23.0. The summed E-state index contributed by atoms with van der Waals surface area (Å²) in [5.74, 6) is 1.51. The molecule has 1 aliphatic carbocycles. The van der Waals surface area contributed by atoms with Gasteiger partial charge in [-0.25, -0.2) is 0 Å². The highest BCUT2D eigenvalue weighted by molar-refractivity contribution is 5.79. The highest BCUT2D eigenvalue weighted by Gasteiger charge is 2.31. The number of nitrogens with zero attached hydrogens (tertiary/aromatic N) is 3. The molecule has 1 saturated carbocycles. The minimum atomic E-state index is -0.618. The number of carbonyl (C=O) groups is 1. The van der Waals surface area contributed by atoms with Gasteiger partial charge in [-0.15, -0.1) is 0 Å². The molecule has 0 spiro atoms. The molecule has 0 radical (unpaired) electrons. The Morgan fingerprint density at radius 1 is 1.00 bits per heavy atom. The molecule has 2 aromatic rings. The van der Waals surface area contributed by atoms with Gasteiger partial charge in [0.05, 0.1) is 11.8 Å². The van der Waals surface area contributed by atoms with Crippen molar-refractivity contribution in [3.05, 3.63) is 54.6 Å². The van der Waals surface area contributed by atoms with Crippen molar-refractivity contribution in [2.75, 3.05) is 37.6 Å². The summed E-state index contributed by atoms with van der Waals surface area (Å²) in [6, 6.07) is 20.3. The molecule has 1 aliphatic heterocycles. The van der Waals surface area contributed by atoms with Crippen LogP contribution in [0.2, 0.25) is 0 Å². The number of piperazine rings is 1. The van der Waals surface area contributed by atoms with Gasteiger partial charge >= 0.3 is 0 Å². The predicted octanol–water partition coefficient (Wildman–Crippen LogP) is 4.42.